The van der Waals surface area contributed by atoms with Gasteiger partial charge in [-0.2, -0.15) is 0 Å². The summed E-state index contributed by atoms with van der Waals surface area (Å²) in [5.74, 6) is -0.124. The van der Waals surface area contributed by atoms with E-state index >= 15 is 0 Å². The Balaban J connectivity index is 2.29. The Labute approximate surface area is 123 Å². The van der Waals surface area contributed by atoms with Crippen molar-refractivity contribution in [3.63, 3.8) is 0 Å². The van der Waals surface area contributed by atoms with Crippen LogP contribution in [0.15, 0.2) is 18.2 Å². The average molecular weight is 293 g/mol. The van der Waals surface area contributed by atoms with Crippen LogP contribution in [0, 0.1) is 0 Å². The number of ether oxygens (including phenoxy) is 2. The van der Waals surface area contributed by atoms with Crippen molar-refractivity contribution in [3.8, 4) is 5.75 Å². The van der Waals surface area contributed by atoms with Gasteiger partial charge in [-0.1, -0.05) is 6.07 Å². The highest BCUT2D eigenvalue weighted by Crippen LogP contribution is 2.25. The molecule has 0 spiro atoms. The molecule has 1 unspecified atom stereocenters. The number of aliphatic hydroxyl groups is 1. The molecule has 1 aliphatic rings. The van der Waals surface area contributed by atoms with Gasteiger partial charge >= 0.3 is 0 Å². The Morgan fingerprint density at radius 2 is 2.00 bits per heavy atom. The molecular weight excluding hydrogens is 274 g/mol. The number of hydrogen-bond acceptors (Lipinski definition) is 5. The third-order valence-electron chi connectivity index (χ3n) is 3.25. The SMILES string of the molecule is CCOc1ccc(C(C)O)cc1CN1C(=O)COCC1=O. The topological polar surface area (TPSA) is 76.1 Å². The van der Waals surface area contributed by atoms with Crippen LogP contribution in [-0.2, 0) is 20.9 Å². The van der Waals surface area contributed by atoms with Crippen LogP contribution in [-0.4, -0.2) is 41.6 Å². The summed E-state index contributed by atoms with van der Waals surface area (Å²) in [7, 11) is 0. The highest BCUT2D eigenvalue weighted by atomic mass is 16.5. The Hall–Kier alpha value is -1.92. The van der Waals surface area contributed by atoms with Crippen LogP contribution in [0.1, 0.15) is 31.1 Å². The molecule has 2 amide bonds. The van der Waals surface area contributed by atoms with E-state index in [1.807, 2.05) is 6.92 Å². The number of aliphatic hydroxyl groups excluding tert-OH is 1. The van der Waals surface area contributed by atoms with Crippen molar-refractivity contribution in [2.45, 2.75) is 26.5 Å². The lowest BCUT2D eigenvalue weighted by molar-refractivity contribution is -0.159. The number of hydrogen-bond donors (Lipinski definition) is 1. The molecule has 1 heterocycles. The van der Waals surface area contributed by atoms with Crippen LogP contribution >= 0.6 is 0 Å². The number of amides is 2. The summed E-state index contributed by atoms with van der Waals surface area (Å²) < 4.78 is 10.4. The lowest BCUT2D eigenvalue weighted by Crippen LogP contribution is -2.45. The number of morpholine rings is 1. The predicted molar refractivity (Wildman–Crippen MR) is 74.6 cm³/mol. The van der Waals surface area contributed by atoms with Crippen LogP contribution in [0.25, 0.3) is 0 Å². The molecule has 6 nitrogen and oxygen atoms in total. The van der Waals surface area contributed by atoms with E-state index in [0.29, 0.717) is 23.5 Å². The van der Waals surface area contributed by atoms with E-state index in [-0.39, 0.29) is 31.6 Å². The lowest BCUT2D eigenvalue weighted by atomic mass is 10.1. The van der Waals surface area contributed by atoms with E-state index in [9.17, 15) is 14.7 Å². The number of nitrogens with zero attached hydrogens (tertiary/aromatic N) is 1. The van der Waals surface area contributed by atoms with Gasteiger partial charge in [0.25, 0.3) is 11.8 Å². The molecule has 1 N–H and O–H groups in total. The minimum absolute atomic E-state index is 0.0915. The number of rotatable bonds is 5. The first-order valence-electron chi connectivity index (χ1n) is 6.87. The zero-order chi connectivity index (χ0) is 15.4. The maximum absolute atomic E-state index is 11.8. The molecule has 0 saturated carbocycles. The molecule has 1 aliphatic heterocycles. The van der Waals surface area contributed by atoms with Gasteiger partial charge in [0.15, 0.2) is 0 Å². The van der Waals surface area contributed by atoms with Crippen LogP contribution in [0.3, 0.4) is 0 Å². The summed E-state index contributed by atoms with van der Waals surface area (Å²) in [4.78, 5) is 24.7. The molecule has 0 bridgehead atoms. The summed E-state index contributed by atoms with van der Waals surface area (Å²) in [5, 5.41) is 9.67. The molecule has 1 aromatic carbocycles. The minimum atomic E-state index is -0.629. The molecule has 114 valence electrons. The maximum atomic E-state index is 11.8. The molecule has 1 fully saturated rings. The number of imide groups is 1. The summed E-state index contributed by atoms with van der Waals surface area (Å²) >= 11 is 0. The van der Waals surface area contributed by atoms with E-state index < -0.39 is 6.10 Å². The van der Waals surface area contributed by atoms with E-state index in [4.69, 9.17) is 9.47 Å². The normalized spacial score (nSPS) is 17.0. The first kappa shape index (κ1) is 15.5. The van der Waals surface area contributed by atoms with Crippen LogP contribution < -0.4 is 4.74 Å². The predicted octanol–water partition coefficient (Wildman–Crippen LogP) is 1.02. The van der Waals surface area contributed by atoms with Crippen molar-refractivity contribution in [3.05, 3.63) is 29.3 Å². The molecular formula is C15H19NO5. The average Bonchev–Trinajstić information content (AvgIpc) is 2.44. The van der Waals surface area contributed by atoms with Crippen LogP contribution in [0.5, 0.6) is 5.75 Å². The van der Waals surface area contributed by atoms with Gasteiger partial charge in [-0.25, -0.2) is 0 Å². The van der Waals surface area contributed by atoms with Crippen molar-refractivity contribution in [2.24, 2.45) is 0 Å². The van der Waals surface area contributed by atoms with Crippen LogP contribution in [0.4, 0.5) is 0 Å². The summed E-state index contributed by atoms with van der Waals surface area (Å²) in [6, 6.07) is 5.27. The fraction of sp³-hybridized carbons (Fsp3) is 0.467. The summed E-state index contributed by atoms with van der Waals surface area (Å²) in [5.41, 5.74) is 1.40. The van der Waals surface area contributed by atoms with E-state index in [0.717, 1.165) is 4.90 Å². The second-order valence-corrected chi connectivity index (χ2v) is 4.84. The molecule has 1 saturated heterocycles. The van der Waals surface area contributed by atoms with Gasteiger partial charge in [-0.15, -0.1) is 0 Å². The van der Waals surface area contributed by atoms with E-state index in [1.165, 1.54) is 0 Å². The molecule has 2 rings (SSSR count). The van der Waals surface area contributed by atoms with Crippen molar-refractivity contribution in [2.75, 3.05) is 19.8 Å². The second kappa shape index (κ2) is 6.69. The van der Waals surface area contributed by atoms with Gasteiger partial charge in [-0.05, 0) is 31.5 Å². The molecule has 0 radical (unpaired) electrons. The van der Waals surface area contributed by atoms with Crippen molar-refractivity contribution >= 4 is 11.8 Å². The van der Waals surface area contributed by atoms with Gasteiger partial charge in [0.05, 0.1) is 19.3 Å². The molecule has 1 aromatic rings. The Bertz CT molecular complexity index is 525. The van der Waals surface area contributed by atoms with Gasteiger partial charge in [-0.3, -0.25) is 14.5 Å². The third kappa shape index (κ3) is 3.59. The number of carbonyl (C=O) groups is 2. The zero-order valence-corrected chi connectivity index (χ0v) is 12.2. The Morgan fingerprint density at radius 3 is 2.57 bits per heavy atom. The molecule has 6 heteroatoms. The molecule has 0 aromatic heterocycles. The molecule has 21 heavy (non-hydrogen) atoms. The second-order valence-electron chi connectivity index (χ2n) is 4.84. The fourth-order valence-electron chi connectivity index (χ4n) is 2.15. The zero-order valence-electron chi connectivity index (χ0n) is 12.2. The third-order valence-corrected chi connectivity index (χ3v) is 3.25. The van der Waals surface area contributed by atoms with Crippen LogP contribution in [0.2, 0.25) is 0 Å². The molecule has 0 aliphatic carbocycles. The first-order chi connectivity index (χ1) is 10.0. The number of benzene rings is 1. The Kier molecular flexibility index (Phi) is 4.93. The first-order valence-corrected chi connectivity index (χ1v) is 6.87. The fourth-order valence-corrected chi connectivity index (χ4v) is 2.15. The van der Waals surface area contributed by atoms with Gasteiger partial charge in [0.1, 0.15) is 19.0 Å². The molecule has 1 atom stereocenters. The quantitative estimate of drug-likeness (QED) is 0.820. The van der Waals surface area contributed by atoms with Crippen molar-refractivity contribution in [1.29, 1.82) is 0 Å². The van der Waals surface area contributed by atoms with E-state index in [2.05, 4.69) is 0 Å². The van der Waals surface area contributed by atoms with Gasteiger partial charge in [0, 0.05) is 5.56 Å². The highest BCUT2D eigenvalue weighted by Gasteiger charge is 2.27. The standard InChI is InChI=1S/C15H19NO5/c1-3-21-13-5-4-11(10(2)17)6-12(13)7-16-14(18)8-20-9-15(16)19/h4-6,10,17H,3,7-9H2,1-2H3. The van der Waals surface area contributed by atoms with Gasteiger partial charge in [0.2, 0.25) is 0 Å². The monoisotopic (exact) mass is 293 g/mol. The maximum Gasteiger partial charge on any atom is 0.255 e. The highest BCUT2D eigenvalue weighted by molar-refractivity contribution is 5.98. The Morgan fingerprint density at radius 1 is 1.33 bits per heavy atom. The summed E-state index contributed by atoms with van der Waals surface area (Å²) in [6.45, 7) is 3.93. The smallest absolute Gasteiger partial charge is 0.255 e. The minimum Gasteiger partial charge on any atom is -0.494 e. The van der Waals surface area contributed by atoms with Gasteiger partial charge < -0.3 is 14.6 Å². The largest absolute Gasteiger partial charge is 0.494 e. The lowest BCUT2D eigenvalue weighted by Gasteiger charge is -2.26. The number of carbonyl (C=O) groups excluding carboxylic acids is 2. The van der Waals surface area contributed by atoms with E-state index in [1.54, 1.807) is 25.1 Å². The summed E-state index contributed by atoms with van der Waals surface area (Å²) in [6.07, 6.45) is -0.629. The van der Waals surface area contributed by atoms with Crippen molar-refractivity contribution in [1.82, 2.24) is 4.90 Å². The van der Waals surface area contributed by atoms with Crippen molar-refractivity contribution < 1.29 is 24.2 Å².